The first-order valence-electron chi connectivity index (χ1n) is 18.1. The van der Waals surface area contributed by atoms with Crippen LogP contribution in [0.3, 0.4) is 0 Å². The molecule has 1 saturated heterocycles. The fraction of sp³-hybridized carbons (Fsp3) is 0.310. The van der Waals surface area contributed by atoms with Crippen LogP contribution in [0.2, 0.25) is 0 Å². The predicted octanol–water partition coefficient (Wildman–Crippen LogP) is 7.70. The van der Waals surface area contributed by atoms with Gasteiger partial charge in [0.2, 0.25) is 11.8 Å². The zero-order valence-corrected chi connectivity index (χ0v) is 30.8. The van der Waals surface area contributed by atoms with Gasteiger partial charge in [-0.3, -0.25) is 9.59 Å². The molecular formula is C42H47N5O5S. The minimum atomic E-state index is -0.557. The van der Waals surface area contributed by atoms with E-state index in [1.807, 2.05) is 84.5 Å². The summed E-state index contributed by atoms with van der Waals surface area (Å²) in [4.78, 5) is 29.5. The van der Waals surface area contributed by atoms with Crippen LogP contribution in [0.4, 0.5) is 11.4 Å². The molecule has 0 saturated carbocycles. The maximum Gasteiger partial charge on any atom is 0.224 e. The molecule has 0 radical (unpaired) electrons. The molecule has 10 nitrogen and oxygen atoms in total. The Kier molecular flexibility index (Phi) is 13.3. The predicted molar refractivity (Wildman–Crippen MR) is 209 cm³/mol. The minimum absolute atomic E-state index is 0.00210. The van der Waals surface area contributed by atoms with Gasteiger partial charge in [-0.2, -0.15) is 0 Å². The third-order valence-corrected chi connectivity index (χ3v) is 10.5. The maximum absolute atomic E-state index is 12.7. The van der Waals surface area contributed by atoms with Crippen molar-refractivity contribution in [3.8, 4) is 11.1 Å². The number of aryl methyl sites for hydroxylation is 1. The van der Waals surface area contributed by atoms with Gasteiger partial charge in [-0.05, 0) is 52.8 Å². The molecular weight excluding hydrogens is 687 g/mol. The Morgan fingerprint density at radius 2 is 1.60 bits per heavy atom. The molecule has 0 aliphatic carbocycles. The molecule has 5 N–H and O–H groups in total. The van der Waals surface area contributed by atoms with Crippen LogP contribution < -0.4 is 16.4 Å². The first kappa shape index (κ1) is 37.8. The van der Waals surface area contributed by atoms with Crippen LogP contribution in [0, 0.1) is 0 Å². The van der Waals surface area contributed by atoms with E-state index in [2.05, 4.69) is 33.8 Å². The van der Waals surface area contributed by atoms with Crippen molar-refractivity contribution in [1.82, 2.24) is 14.9 Å². The molecule has 2 heterocycles. The number of nitrogens with two attached hydrogens (primary N) is 1. The lowest BCUT2D eigenvalue weighted by atomic mass is 9.97. The zero-order chi connectivity index (χ0) is 37.0. The molecule has 4 aromatic carbocycles. The second-order valence-corrected chi connectivity index (χ2v) is 14.2. The Balaban J connectivity index is 1.02. The second kappa shape index (κ2) is 18.7. The molecule has 1 fully saturated rings. The van der Waals surface area contributed by atoms with Crippen LogP contribution in [0.25, 0.3) is 11.1 Å². The van der Waals surface area contributed by atoms with Crippen molar-refractivity contribution in [1.29, 1.82) is 0 Å². The van der Waals surface area contributed by atoms with Gasteiger partial charge in [0.1, 0.15) is 0 Å². The highest BCUT2D eigenvalue weighted by Crippen LogP contribution is 2.40. The quantitative estimate of drug-likeness (QED) is 0.0460. The van der Waals surface area contributed by atoms with Crippen LogP contribution in [-0.2, 0) is 39.3 Å². The fourth-order valence-electron chi connectivity index (χ4n) is 6.31. The normalized spacial score (nSPS) is 17.0. The molecule has 5 aromatic rings. The molecule has 1 aliphatic heterocycles. The Bertz CT molecular complexity index is 1950. The highest BCUT2D eigenvalue weighted by Gasteiger charge is 2.32. The van der Waals surface area contributed by atoms with E-state index in [0.29, 0.717) is 50.0 Å². The molecule has 276 valence electrons. The second-order valence-electron chi connectivity index (χ2n) is 13.2. The number of carbonyl (C=O) groups excluding carboxylic acids is 2. The van der Waals surface area contributed by atoms with Gasteiger partial charge in [0, 0.05) is 56.6 Å². The van der Waals surface area contributed by atoms with Crippen LogP contribution in [-0.4, -0.2) is 38.3 Å². The average Bonchev–Trinajstić information content (AvgIpc) is 3.61. The van der Waals surface area contributed by atoms with Gasteiger partial charge in [-0.15, -0.1) is 0 Å². The van der Waals surface area contributed by atoms with E-state index in [-0.39, 0.29) is 30.6 Å². The number of nitrogens with zero attached hydrogens (tertiary/aromatic N) is 2. The first-order valence-corrected chi connectivity index (χ1v) is 19.0. The lowest BCUT2D eigenvalue weighted by molar-refractivity contribution is -0.245. The number of rotatable bonds is 16. The molecule has 0 unspecified atom stereocenters. The monoisotopic (exact) mass is 733 g/mol. The number of nitrogen functional groups attached to an aromatic ring is 1. The molecule has 1 aliphatic rings. The first-order chi connectivity index (χ1) is 25.9. The lowest BCUT2D eigenvalue weighted by Gasteiger charge is -2.36. The number of imidazole rings is 1. The van der Waals surface area contributed by atoms with Crippen molar-refractivity contribution < 1.29 is 24.2 Å². The van der Waals surface area contributed by atoms with E-state index >= 15 is 0 Å². The summed E-state index contributed by atoms with van der Waals surface area (Å²) in [5.74, 6) is 0.638. The molecule has 6 rings (SSSR count). The van der Waals surface area contributed by atoms with Gasteiger partial charge in [0.05, 0.1) is 30.2 Å². The Morgan fingerprint density at radius 1 is 0.887 bits per heavy atom. The number of anilines is 2. The summed E-state index contributed by atoms with van der Waals surface area (Å²) >= 11 is 1.67. The van der Waals surface area contributed by atoms with E-state index in [1.165, 1.54) is 0 Å². The van der Waals surface area contributed by atoms with Gasteiger partial charge < -0.3 is 35.5 Å². The number of benzene rings is 4. The molecule has 1 aromatic heterocycles. The van der Waals surface area contributed by atoms with Crippen LogP contribution in [0.1, 0.15) is 73.2 Å². The number of aliphatic hydroxyl groups is 1. The molecule has 0 spiro atoms. The summed E-state index contributed by atoms with van der Waals surface area (Å²) in [6.45, 7) is 0.413. The number of unbranched alkanes of at least 4 members (excludes halogenated alkanes) is 2. The highest BCUT2D eigenvalue weighted by molar-refractivity contribution is 7.99. The number of hydrogen-bond acceptors (Lipinski definition) is 8. The smallest absolute Gasteiger partial charge is 0.224 e. The summed E-state index contributed by atoms with van der Waals surface area (Å²) in [6.07, 6.45) is 6.61. The number of para-hydroxylation sites is 2. The summed E-state index contributed by atoms with van der Waals surface area (Å²) in [5.41, 5.74) is 13.0. The summed E-state index contributed by atoms with van der Waals surface area (Å²) in [7, 11) is 1.99. The van der Waals surface area contributed by atoms with Gasteiger partial charge in [-0.25, -0.2) is 4.98 Å². The number of carbonyl (C=O) groups is 2. The van der Waals surface area contributed by atoms with Crippen molar-refractivity contribution in [3.05, 3.63) is 132 Å². The van der Waals surface area contributed by atoms with Gasteiger partial charge in [0.15, 0.2) is 11.4 Å². The third-order valence-electron chi connectivity index (χ3n) is 9.32. The van der Waals surface area contributed by atoms with Crippen LogP contribution >= 0.6 is 11.8 Å². The molecule has 3 atom stereocenters. The third kappa shape index (κ3) is 10.6. The van der Waals surface area contributed by atoms with E-state index < -0.39 is 6.29 Å². The summed E-state index contributed by atoms with van der Waals surface area (Å²) < 4.78 is 15.1. The fourth-order valence-corrected chi connectivity index (χ4v) is 7.26. The number of ether oxygens (including phenoxy) is 2. The molecule has 2 amide bonds. The number of aromatic nitrogens is 2. The Labute approximate surface area is 315 Å². The number of nitrogens with one attached hydrogen (secondary N) is 2. The molecule has 11 heteroatoms. The average molecular weight is 734 g/mol. The summed E-state index contributed by atoms with van der Waals surface area (Å²) in [5, 5.41) is 16.4. The van der Waals surface area contributed by atoms with Crippen molar-refractivity contribution in [3.63, 3.8) is 0 Å². The Morgan fingerprint density at radius 3 is 2.34 bits per heavy atom. The highest BCUT2D eigenvalue weighted by atomic mass is 32.2. The summed E-state index contributed by atoms with van der Waals surface area (Å²) in [6, 6.07) is 31.4. The van der Waals surface area contributed by atoms with Crippen molar-refractivity contribution in [2.75, 3.05) is 16.8 Å². The SMILES string of the molecule is Cn1ccnc1SC[C@H]1C[C@@H](c2ccc(CO)cc2)O[C@@H](c2ccc(-c3ccccc3CNC(=O)CCCCCC(=O)Nc3ccccc3N)cc2)O1. The topological polar surface area (TPSA) is 141 Å². The number of hydrogen-bond donors (Lipinski definition) is 4. The zero-order valence-electron chi connectivity index (χ0n) is 29.9. The number of aliphatic hydroxyl groups excluding tert-OH is 1. The van der Waals surface area contributed by atoms with Gasteiger partial charge in [-0.1, -0.05) is 103 Å². The van der Waals surface area contributed by atoms with Crippen molar-refractivity contribution in [2.45, 2.75) is 75.3 Å². The van der Waals surface area contributed by atoms with Crippen LogP contribution in [0.15, 0.2) is 115 Å². The van der Waals surface area contributed by atoms with E-state index in [1.54, 1.807) is 30.1 Å². The maximum atomic E-state index is 12.7. The Hall–Kier alpha value is -4.94. The van der Waals surface area contributed by atoms with Crippen molar-refractivity contribution >= 4 is 35.0 Å². The van der Waals surface area contributed by atoms with Crippen LogP contribution in [0.5, 0.6) is 0 Å². The molecule has 0 bridgehead atoms. The minimum Gasteiger partial charge on any atom is -0.397 e. The lowest BCUT2D eigenvalue weighted by Crippen LogP contribution is -2.31. The molecule has 53 heavy (non-hydrogen) atoms. The van der Waals surface area contributed by atoms with E-state index in [9.17, 15) is 14.7 Å². The van der Waals surface area contributed by atoms with Gasteiger partial charge >= 0.3 is 0 Å². The van der Waals surface area contributed by atoms with E-state index in [4.69, 9.17) is 15.2 Å². The van der Waals surface area contributed by atoms with Crippen molar-refractivity contribution in [2.24, 2.45) is 7.05 Å². The number of thioether (sulfide) groups is 1. The standard InChI is InChI=1S/C42H47N5O5S/c1-47-24-23-44-42(47)53-28-34-25-38(31-17-15-29(27-48)16-18-31)52-41(51-34)32-21-19-30(20-22-32)35-10-6-5-9-33(35)26-45-39(49)13-3-2-4-14-40(50)46-37-12-8-7-11-36(37)43/h5-12,15-24,34,38,41,48H,2-4,13-14,25-28,43H2,1H3,(H,45,49)(H,46,50)/t34-,38+,41+/m1/s1. The largest absolute Gasteiger partial charge is 0.397 e. The number of amides is 2. The van der Waals surface area contributed by atoms with E-state index in [0.717, 1.165) is 50.7 Å². The van der Waals surface area contributed by atoms with Gasteiger partial charge in [0.25, 0.3) is 0 Å².